The van der Waals surface area contributed by atoms with Gasteiger partial charge in [0.25, 0.3) is 0 Å². The van der Waals surface area contributed by atoms with Gasteiger partial charge in [-0.3, -0.25) is 4.90 Å². The maximum absolute atomic E-state index is 5.92. The quantitative estimate of drug-likeness (QED) is 0.540. The molecule has 1 N–H and O–H groups in total. The van der Waals surface area contributed by atoms with Crippen molar-refractivity contribution < 1.29 is 9.47 Å². The Morgan fingerprint density at radius 2 is 1.72 bits per heavy atom. The molecule has 0 unspecified atom stereocenters. The van der Waals surface area contributed by atoms with Crippen molar-refractivity contribution in [1.29, 1.82) is 0 Å². The van der Waals surface area contributed by atoms with Gasteiger partial charge in [-0.15, -0.1) is 0 Å². The largest absolute Gasteiger partial charge is 0.493 e. The van der Waals surface area contributed by atoms with Crippen LogP contribution in [0.3, 0.4) is 0 Å². The fraction of sp³-hybridized carbons (Fsp3) is 0.385. The van der Waals surface area contributed by atoms with Gasteiger partial charge in [-0.2, -0.15) is 0 Å². The summed E-state index contributed by atoms with van der Waals surface area (Å²) >= 11 is 0. The maximum Gasteiger partial charge on any atom is 0.161 e. The monoisotopic (exact) mass is 432 g/mol. The molecule has 1 aliphatic rings. The van der Waals surface area contributed by atoms with Crippen molar-refractivity contribution in [3.8, 4) is 22.9 Å². The lowest BCUT2D eigenvalue weighted by Crippen LogP contribution is -2.38. The van der Waals surface area contributed by atoms with Gasteiger partial charge in [-0.25, -0.2) is 9.97 Å². The van der Waals surface area contributed by atoms with Crippen LogP contribution in [-0.2, 0) is 6.54 Å². The van der Waals surface area contributed by atoms with Crippen LogP contribution < -0.4 is 14.8 Å². The molecule has 0 radical (unpaired) electrons. The van der Waals surface area contributed by atoms with Crippen LogP contribution in [0.4, 0.5) is 5.69 Å². The predicted molar refractivity (Wildman–Crippen MR) is 128 cm³/mol. The first kappa shape index (κ1) is 22.1. The number of nitrogens with zero attached hydrogens (tertiary/aromatic N) is 3. The summed E-state index contributed by atoms with van der Waals surface area (Å²) in [5, 5.41) is 3.60. The average molecular weight is 433 g/mol. The fourth-order valence-corrected chi connectivity index (χ4v) is 4.03. The third kappa shape index (κ3) is 5.77. The van der Waals surface area contributed by atoms with Crippen LogP contribution in [0.5, 0.6) is 11.5 Å². The number of hydrogen-bond donors (Lipinski definition) is 1. The first-order valence-electron chi connectivity index (χ1n) is 11.3. The molecule has 3 aromatic rings. The van der Waals surface area contributed by atoms with Crippen molar-refractivity contribution in [2.45, 2.75) is 45.4 Å². The summed E-state index contributed by atoms with van der Waals surface area (Å²) in [6, 6.07) is 16.7. The predicted octanol–water partition coefficient (Wildman–Crippen LogP) is 5.02. The molecule has 0 atom stereocenters. The Morgan fingerprint density at radius 1 is 1.00 bits per heavy atom. The standard InChI is InChI=1S/C26H32N4O2/c1-19(2)32-25-15-20(9-10-24(25)31-3)18-30-13-11-22(12-14-30)29-23-16-27-26(28-17-23)21-7-5-4-6-8-21/h4-10,15-17,19,22,29H,11-14,18H2,1-3H3. The number of ether oxygens (including phenoxy) is 2. The second-order valence-corrected chi connectivity index (χ2v) is 8.51. The van der Waals surface area contributed by atoms with Crippen LogP contribution >= 0.6 is 0 Å². The molecule has 2 heterocycles. The molecule has 6 nitrogen and oxygen atoms in total. The molecule has 1 fully saturated rings. The van der Waals surface area contributed by atoms with Gasteiger partial charge in [0.15, 0.2) is 17.3 Å². The summed E-state index contributed by atoms with van der Waals surface area (Å²) in [5.74, 6) is 2.35. The van der Waals surface area contributed by atoms with Crippen LogP contribution in [0.15, 0.2) is 60.9 Å². The fourth-order valence-electron chi connectivity index (χ4n) is 4.03. The van der Waals surface area contributed by atoms with E-state index < -0.39 is 0 Å². The molecule has 0 bridgehead atoms. The van der Waals surface area contributed by atoms with E-state index in [-0.39, 0.29) is 6.10 Å². The second-order valence-electron chi connectivity index (χ2n) is 8.51. The lowest BCUT2D eigenvalue weighted by atomic mass is 10.0. The van der Waals surface area contributed by atoms with E-state index >= 15 is 0 Å². The van der Waals surface area contributed by atoms with Gasteiger partial charge < -0.3 is 14.8 Å². The van der Waals surface area contributed by atoms with Crippen molar-refractivity contribution in [1.82, 2.24) is 14.9 Å². The molecule has 0 saturated carbocycles. The summed E-state index contributed by atoms with van der Waals surface area (Å²) in [7, 11) is 1.68. The van der Waals surface area contributed by atoms with Gasteiger partial charge >= 0.3 is 0 Å². The van der Waals surface area contributed by atoms with Crippen LogP contribution in [0.25, 0.3) is 11.4 Å². The first-order chi connectivity index (χ1) is 15.6. The Bertz CT molecular complexity index is 984. The minimum absolute atomic E-state index is 0.117. The summed E-state index contributed by atoms with van der Waals surface area (Å²) in [6.07, 6.45) is 6.06. The summed E-state index contributed by atoms with van der Waals surface area (Å²) in [6.45, 7) is 7.08. The minimum atomic E-state index is 0.117. The zero-order valence-corrected chi connectivity index (χ0v) is 19.1. The Morgan fingerprint density at radius 3 is 2.38 bits per heavy atom. The molecule has 0 spiro atoms. The second kappa shape index (κ2) is 10.5. The van der Waals surface area contributed by atoms with Crippen molar-refractivity contribution in [2.75, 3.05) is 25.5 Å². The number of methoxy groups -OCH3 is 1. The Labute approximate surface area is 190 Å². The summed E-state index contributed by atoms with van der Waals surface area (Å²) < 4.78 is 11.4. The molecule has 2 aromatic carbocycles. The van der Waals surface area contributed by atoms with Crippen LogP contribution in [0.2, 0.25) is 0 Å². The molecule has 4 rings (SSSR count). The van der Waals surface area contributed by atoms with E-state index in [1.165, 1.54) is 5.56 Å². The molecule has 6 heteroatoms. The number of anilines is 1. The Kier molecular flexibility index (Phi) is 7.22. The molecular formula is C26H32N4O2. The summed E-state index contributed by atoms with van der Waals surface area (Å²) in [5.41, 5.74) is 3.26. The average Bonchev–Trinajstić information content (AvgIpc) is 2.81. The van der Waals surface area contributed by atoms with Crippen LogP contribution in [0.1, 0.15) is 32.3 Å². The van der Waals surface area contributed by atoms with Crippen LogP contribution in [-0.4, -0.2) is 47.2 Å². The molecule has 1 aliphatic heterocycles. The molecule has 1 aromatic heterocycles. The van der Waals surface area contributed by atoms with Gasteiger partial charge in [0.1, 0.15) is 0 Å². The third-order valence-electron chi connectivity index (χ3n) is 5.64. The maximum atomic E-state index is 5.92. The highest BCUT2D eigenvalue weighted by atomic mass is 16.5. The minimum Gasteiger partial charge on any atom is -0.493 e. The third-order valence-corrected chi connectivity index (χ3v) is 5.64. The van der Waals surface area contributed by atoms with E-state index in [0.717, 1.165) is 61.1 Å². The Balaban J connectivity index is 1.29. The molecule has 0 amide bonds. The van der Waals surface area contributed by atoms with Crippen molar-refractivity contribution in [3.63, 3.8) is 0 Å². The molecule has 32 heavy (non-hydrogen) atoms. The lowest BCUT2D eigenvalue weighted by Gasteiger charge is -2.32. The number of piperidine rings is 1. The van der Waals surface area contributed by atoms with E-state index in [2.05, 4.69) is 32.3 Å². The van der Waals surface area contributed by atoms with E-state index in [0.29, 0.717) is 6.04 Å². The highest BCUT2D eigenvalue weighted by Crippen LogP contribution is 2.30. The van der Waals surface area contributed by atoms with Gasteiger partial charge in [0.05, 0.1) is 31.3 Å². The molecule has 1 saturated heterocycles. The Hall–Kier alpha value is -3.12. The lowest BCUT2D eigenvalue weighted by molar-refractivity contribution is 0.209. The molecular weight excluding hydrogens is 400 g/mol. The van der Waals surface area contributed by atoms with Gasteiger partial charge in [0, 0.05) is 31.2 Å². The van der Waals surface area contributed by atoms with E-state index in [1.54, 1.807) is 7.11 Å². The number of hydrogen-bond acceptors (Lipinski definition) is 6. The van der Waals surface area contributed by atoms with Gasteiger partial charge in [0.2, 0.25) is 0 Å². The number of rotatable bonds is 8. The first-order valence-corrected chi connectivity index (χ1v) is 11.3. The van der Waals surface area contributed by atoms with E-state index in [9.17, 15) is 0 Å². The highest BCUT2D eigenvalue weighted by Gasteiger charge is 2.20. The van der Waals surface area contributed by atoms with Crippen molar-refractivity contribution in [2.24, 2.45) is 0 Å². The highest BCUT2D eigenvalue weighted by molar-refractivity contribution is 5.55. The smallest absolute Gasteiger partial charge is 0.161 e. The van der Waals surface area contributed by atoms with Gasteiger partial charge in [-0.1, -0.05) is 36.4 Å². The zero-order valence-electron chi connectivity index (χ0n) is 19.1. The number of benzene rings is 2. The number of aromatic nitrogens is 2. The number of likely N-dealkylation sites (tertiary alicyclic amines) is 1. The normalized spacial score (nSPS) is 15.0. The van der Waals surface area contributed by atoms with Gasteiger partial charge in [-0.05, 0) is 44.4 Å². The van der Waals surface area contributed by atoms with Crippen molar-refractivity contribution >= 4 is 5.69 Å². The van der Waals surface area contributed by atoms with Crippen LogP contribution in [0, 0.1) is 0 Å². The van der Waals surface area contributed by atoms with E-state index in [1.807, 2.05) is 62.6 Å². The zero-order chi connectivity index (χ0) is 22.3. The topological polar surface area (TPSA) is 59.5 Å². The SMILES string of the molecule is COc1ccc(CN2CCC(Nc3cnc(-c4ccccc4)nc3)CC2)cc1OC(C)C. The molecule has 0 aliphatic carbocycles. The number of nitrogens with one attached hydrogen (secondary N) is 1. The van der Waals surface area contributed by atoms with Crippen molar-refractivity contribution in [3.05, 3.63) is 66.5 Å². The molecule has 168 valence electrons. The summed E-state index contributed by atoms with van der Waals surface area (Å²) in [4.78, 5) is 11.5. The van der Waals surface area contributed by atoms with E-state index in [4.69, 9.17) is 9.47 Å².